The molecule has 0 amide bonds. The van der Waals surface area contributed by atoms with E-state index in [1.807, 2.05) is 6.92 Å². The molecule has 0 saturated heterocycles. The van der Waals surface area contributed by atoms with Crippen LogP contribution in [0.5, 0.6) is 0 Å². The molecular weight excluding hydrogens is 228 g/mol. The molecule has 18 heavy (non-hydrogen) atoms. The first-order valence-corrected chi connectivity index (χ1v) is 7.28. The lowest BCUT2D eigenvalue weighted by Gasteiger charge is -1.99. The lowest BCUT2D eigenvalue weighted by Crippen LogP contribution is -1.97. The van der Waals surface area contributed by atoms with Gasteiger partial charge in [-0.3, -0.25) is 0 Å². The van der Waals surface area contributed by atoms with Crippen LogP contribution < -0.4 is 0 Å². The zero-order valence-electron chi connectivity index (χ0n) is 11.7. The Labute approximate surface area is 110 Å². The second-order valence-corrected chi connectivity index (χ2v) is 4.84. The van der Waals surface area contributed by atoms with Gasteiger partial charge in [0.05, 0.1) is 0 Å². The lowest BCUT2D eigenvalue weighted by atomic mass is 10.1. The Morgan fingerprint density at radius 2 is 1.72 bits per heavy atom. The molecule has 0 radical (unpaired) electrons. The molecule has 0 saturated carbocycles. The summed E-state index contributed by atoms with van der Waals surface area (Å²) in [4.78, 5) is 4.20. The van der Waals surface area contributed by atoms with Crippen molar-refractivity contribution in [3.05, 3.63) is 11.7 Å². The van der Waals surface area contributed by atoms with E-state index in [9.17, 15) is 5.11 Å². The molecule has 1 rings (SSSR count). The van der Waals surface area contributed by atoms with E-state index in [1.165, 1.54) is 38.5 Å². The second-order valence-electron chi connectivity index (χ2n) is 4.84. The first-order valence-electron chi connectivity index (χ1n) is 7.28. The van der Waals surface area contributed by atoms with E-state index in [4.69, 9.17) is 4.52 Å². The fraction of sp³-hybridized carbons (Fsp3) is 0.857. The number of aromatic nitrogens is 2. The Balaban J connectivity index is 2.10. The fourth-order valence-electron chi connectivity index (χ4n) is 1.92. The summed E-state index contributed by atoms with van der Waals surface area (Å²) in [5.74, 6) is 1.08. The highest BCUT2D eigenvalue weighted by Gasteiger charge is 2.12. The van der Waals surface area contributed by atoms with Gasteiger partial charge in [-0.1, -0.05) is 57.5 Å². The number of aliphatic hydroxyl groups is 1. The lowest BCUT2D eigenvalue weighted by molar-refractivity contribution is 0.159. The number of nitrogens with zero attached hydrogens (tertiary/aromatic N) is 2. The molecule has 0 bridgehead atoms. The van der Waals surface area contributed by atoms with E-state index >= 15 is 0 Å². The molecule has 0 aliphatic carbocycles. The molecule has 1 aromatic heterocycles. The number of unbranched alkanes of at least 4 members (excludes halogenated alkanes) is 6. The van der Waals surface area contributed by atoms with Gasteiger partial charge in [0.25, 0.3) is 0 Å². The van der Waals surface area contributed by atoms with Gasteiger partial charge in [-0.15, -0.1) is 0 Å². The van der Waals surface area contributed by atoms with E-state index < -0.39 is 6.10 Å². The molecule has 1 N–H and O–H groups in total. The number of rotatable bonds is 10. The summed E-state index contributed by atoms with van der Waals surface area (Å²) in [5.41, 5.74) is 0. The quantitative estimate of drug-likeness (QED) is 0.645. The molecule has 1 unspecified atom stereocenters. The van der Waals surface area contributed by atoms with Crippen molar-refractivity contribution in [2.24, 2.45) is 0 Å². The third-order valence-corrected chi connectivity index (χ3v) is 3.16. The van der Waals surface area contributed by atoms with Crippen molar-refractivity contribution in [2.75, 3.05) is 0 Å². The topological polar surface area (TPSA) is 59.2 Å². The Morgan fingerprint density at radius 1 is 1.06 bits per heavy atom. The van der Waals surface area contributed by atoms with Crippen LogP contribution in [0.1, 0.15) is 83.0 Å². The van der Waals surface area contributed by atoms with Crippen molar-refractivity contribution in [1.82, 2.24) is 10.1 Å². The van der Waals surface area contributed by atoms with Crippen molar-refractivity contribution in [1.29, 1.82) is 0 Å². The SMILES string of the molecule is CCCCCCCCCc1nc(C(O)CC)no1. The summed E-state index contributed by atoms with van der Waals surface area (Å²) in [5, 5.41) is 13.3. The van der Waals surface area contributed by atoms with Crippen LogP contribution >= 0.6 is 0 Å². The van der Waals surface area contributed by atoms with Gasteiger partial charge in [-0.05, 0) is 12.8 Å². The van der Waals surface area contributed by atoms with Crippen LogP contribution in [0.3, 0.4) is 0 Å². The minimum absolute atomic E-state index is 0.426. The third-order valence-electron chi connectivity index (χ3n) is 3.16. The molecule has 0 aliphatic rings. The molecule has 4 nitrogen and oxygen atoms in total. The molecule has 4 heteroatoms. The molecule has 0 aromatic carbocycles. The standard InChI is InChI=1S/C14H26N2O2/c1-3-5-6-7-8-9-10-11-13-15-14(16-18-13)12(17)4-2/h12,17H,3-11H2,1-2H3. The summed E-state index contributed by atoms with van der Waals surface area (Å²) >= 11 is 0. The zero-order chi connectivity index (χ0) is 13.2. The smallest absolute Gasteiger partial charge is 0.226 e. The average molecular weight is 254 g/mol. The first kappa shape index (κ1) is 15.2. The average Bonchev–Trinajstić information content (AvgIpc) is 2.85. The van der Waals surface area contributed by atoms with Gasteiger partial charge in [-0.2, -0.15) is 4.98 Å². The molecular formula is C14H26N2O2. The molecule has 1 aromatic rings. The van der Waals surface area contributed by atoms with Crippen molar-refractivity contribution in [3.63, 3.8) is 0 Å². The van der Waals surface area contributed by atoms with Gasteiger partial charge < -0.3 is 9.63 Å². The maximum absolute atomic E-state index is 9.55. The maximum atomic E-state index is 9.55. The normalized spacial score (nSPS) is 12.8. The minimum atomic E-state index is -0.587. The van der Waals surface area contributed by atoms with Crippen LogP contribution in [-0.2, 0) is 6.42 Å². The van der Waals surface area contributed by atoms with Gasteiger partial charge in [0, 0.05) is 6.42 Å². The van der Waals surface area contributed by atoms with Gasteiger partial charge in [0.15, 0.2) is 5.82 Å². The highest BCUT2D eigenvalue weighted by molar-refractivity contribution is 4.90. The fourth-order valence-corrected chi connectivity index (χ4v) is 1.92. The number of aryl methyl sites for hydroxylation is 1. The number of aliphatic hydroxyl groups excluding tert-OH is 1. The summed E-state index contributed by atoms with van der Waals surface area (Å²) < 4.78 is 5.11. The van der Waals surface area contributed by atoms with E-state index in [2.05, 4.69) is 17.1 Å². The monoisotopic (exact) mass is 254 g/mol. The molecule has 104 valence electrons. The van der Waals surface area contributed by atoms with Crippen LogP contribution in [0, 0.1) is 0 Å². The zero-order valence-corrected chi connectivity index (χ0v) is 11.7. The Bertz CT molecular complexity index is 312. The van der Waals surface area contributed by atoms with Crippen molar-refractivity contribution in [2.45, 2.75) is 77.7 Å². The van der Waals surface area contributed by atoms with Gasteiger partial charge in [0.1, 0.15) is 6.10 Å². The highest BCUT2D eigenvalue weighted by Crippen LogP contribution is 2.14. The number of hydrogen-bond donors (Lipinski definition) is 1. The van der Waals surface area contributed by atoms with E-state index in [-0.39, 0.29) is 0 Å². The Morgan fingerprint density at radius 3 is 2.39 bits per heavy atom. The largest absolute Gasteiger partial charge is 0.385 e. The Hall–Kier alpha value is -0.900. The molecule has 0 aliphatic heterocycles. The van der Waals surface area contributed by atoms with Crippen LogP contribution in [0.15, 0.2) is 4.52 Å². The summed E-state index contributed by atoms with van der Waals surface area (Å²) in [6.07, 6.45) is 9.80. The van der Waals surface area contributed by atoms with E-state index in [1.54, 1.807) is 0 Å². The second kappa shape index (κ2) is 9.09. The van der Waals surface area contributed by atoms with Crippen LogP contribution in [0.4, 0.5) is 0 Å². The van der Waals surface area contributed by atoms with E-state index in [0.29, 0.717) is 18.1 Å². The van der Waals surface area contributed by atoms with Gasteiger partial charge in [0.2, 0.25) is 5.89 Å². The van der Waals surface area contributed by atoms with Crippen LogP contribution in [-0.4, -0.2) is 15.2 Å². The molecule has 0 fully saturated rings. The summed E-state index contributed by atoms with van der Waals surface area (Å²) in [6, 6.07) is 0. The highest BCUT2D eigenvalue weighted by atomic mass is 16.5. The van der Waals surface area contributed by atoms with Crippen molar-refractivity contribution >= 4 is 0 Å². The molecule has 1 atom stereocenters. The van der Waals surface area contributed by atoms with Gasteiger partial charge in [-0.25, -0.2) is 0 Å². The Kier molecular flexibility index (Phi) is 7.65. The third kappa shape index (κ3) is 5.63. The maximum Gasteiger partial charge on any atom is 0.226 e. The first-order chi connectivity index (χ1) is 8.77. The molecule has 0 spiro atoms. The summed E-state index contributed by atoms with van der Waals surface area (Å²) in [7, 11) is 0. The van der Waals surface area contributed by atoms with Crippen molar-refractivity contribution in [3.8, 4) is 0 Å². The minimum Gasteiger partial charge on any atom is -0.385 e. The summed E-state index contributed by atoms with van der Waals surface area (Å²) in [6.45, 7) is 4.13. The van der Waals surface area contributed by atoms with Crippen LogP contribution in [0.2, 0.25) is 0 Å². The molecule has 1 heterocycles. The predicted molar refractivity (Wildman–Crippen MR) is 71.2 cm³/mol. The van der Waals surface area contributed by atoms with Crippen molar-refractivity contribution < 1.29 is 9.63 Å². The van der Waals surface area contributed by atoms with Crippen LogP contribution in [0.25, 0.3) is 0 Å². The predicted octanol–water partition coefficient (Wildman–Crippen LogP) is 3.81. The van der Waals surface area contributed by atoms with Gasteiger partial charge >= 0.3 is 0 Å². The van der Waals surface area contributed by atoms with E-state index in [0.717, 1.165) is 12.8 Å². The number of hydrogen-bond acceptors (Lipinski definition) is 4.